The van der Waals surface area contributed by atoms with Crippen molar-refractivity contribution in [3.8, 4) is 0 Å². The Hall–Kier alpha value is -11.6. The number of carbonyl (C=O) groups is 3. The van der Waals surface area contributed by atoms with Crippen molar-refractivity contribution < 1.29 is 43.9 Å². The molecule has 4 aromatic carbocycles. The first-order chi connectivity index (χ1) is 58.9. The van der Waals surface area contributed by atoms with E-state index >= 15 is 0 Å². The maximum Gasteiger partial charge on any atom is 0.244 e. The number of ether oxygens (including phenoxy) is 3. The number of aliphatic hydroxyl groups excluding tert-OH is 3. The van der Waals surface area contributed by atoms with Crippen molar-refractivity contribution in [3.05, 3.63) is 230 Å². The van der Waals surface area contributed by atoms with Crippen LogP contribution in [0.3, 0.4) is 0 Å². The number of aromatic nitrogens is 10. The molecule has 6 aliphatic rings. The van der Waals surface area contributed by atoms with Crippen molar-refractivity contribution in [1.29, 1.82) is 0 Å². The van der Waals surface area contributed by atoms with E-state index in [1.165, 1.54) is 0 Å². The van der Waals surface area contributed by atoms with Gasteiger partial charge in [-0.2, -0.15) is 5.10 Å². The van der Waals surface area contributed by atoms with Gasteiger partial charge >= 0.3 is 0 Å². The zero-order valence-electron chi connectivity index (χ0n) is 70.1. The average molecular weight is 1640 g/mol. The minimum atomic E-state index is -0.349. The number of H-pyrrole nitrogens is 1. The zero-order valence-corrected chi connectivity index (χ0v) is 70.1. The molecule has 121 heavy (non-hydrogen) atoms. The highest BCUT2D eigenvalue weighted by Crippen LogP contribution is 2.41. The normalized spacial score (nSPS) is 16.4. The summed E-state index contributed by atoms with van der Waals surface area (Å²) in [5.41, 5.74) is 21.9. The van der Waals surface area contributed by atoms with E-state index in [0.29, 0.717) is 69.2 Å². The van der Waals surface area contributed by atoms with Crippen LogP contribution in [0.15, 0.2) is 146 Å². The summed E-state index contributed by atoms with van der Waals surface area (Å²) >= 11 is 0. The Morgan fingerprint density at radius 1 is 0.455 bits per heavy atom. The Balaban J connectivity index is 0.000000149. The molecule has 10 aromatic rings. The number of aryl methyl sites for hydroxylation is 3. The average Bonchev–Trinajstić information content (AvgIpc) is 1.65. The highest BCUT2D eigenvalue weighted by atomic mass is 16.5. The first kappa shape index (κ1) is 85.8. The molecule has 31 heteroatoms. The van der Waals surface area contributed by atoms with Crippen LogP contribution in [0, 0.1) is 20.8 Å². The van der Waals surface area contributed by atoms with Crippen LogP contribution in [-0.4, -0.2) is 278 Å². The van der Waals surface area contributed by atoms with E-state index in [0.717, 1.165) is 219 Å². The molecule has 0 radical (unpaired) electrons. The fourth-order valence-corrected chi connectivity index (χ4v) is 16.1. The molecule has 0 spiro atoms. The number of aliphatic hydroxyl groups is 3. The van der Waals surface area contributed by atoms with E-state index in [1.807, 2.05) is 93.8 Å². The Morgan fingerprint density at radius 3 is 1.25 bits per heavy atom. The van der Waals surface area contributed by atoms with Crippen molar-refractivity contribution >= 4 is 97.4 Å². The number of aromatic amines is 1. The molecule has 6 aromatic heterocycles. The van der Waals surface area contributed by atoms with Gasteiger partial charge in [-0.3, -0.25) is 39.2 Å². The molecule has 3 saturated heterocycles. The Bertz CT molecular complexity index is 5410. The Morgan fingerprint density at radius 2 is 0.876 bits per heavy atom. The van der Waals surface area contributed by atoms with Gasteiger partial charge in [0.1, 0.15) is 23.9 Å². The number of methoxy groups -OCH3 is 3. The van der Waals surface area contributed by atoms with E-state index in [9.17, 15) is 24.6 Å². The smallest absolute Gasteiger partial charge is 0.244 e. The lowest BCUT2D eigenvalue weighted by atomic mass is 9.99. The van der Waals surface area contributed by atoms with Gasteiger partial charge in [-0.1, -0.05) is 60.7 Å². The number of piperazine rings is 3. The van der Waals surface area contributed by atoms with Crippen molar-refractivity contribution in [1.82, 2.24) is 79.5 Å². The Labute approximate surface area is 704 Å². The summed E-state index contributed by atoms with van der Waals surface area (Å²) in [5.74, 6) is 1.82. The highest BCUT2D eigenvalue weighted by molar-refractivity contribution is 6.00. The standard InChI is InChI=1S/C31H36N8O3.C30H37N7O3.C29H35N7O3/c1-19-15-32-31(34-21-13-20(17-40)25-16-33-37-27(25)14-21)36-29(19)24-8-7-23-22(24)5-4-6-26(23)35-30(41)28(18-42-3)39-11-9-38(2)10-12-39;1-20-17-32-30(33-22-8-7-21(11-16-38)31-18-22)35-28(20)25-10-9-24-23(25)5-4-6-26(24)34-29(39)27(19-40-3)37-14-12-36(2)13-15-37;1-19-15-31-29(33-26-10-7-20(17-37)16-30-26)34-27(19)23-9-8-22-21(23)5-4-6-24(22)32-28(38)25(18-39-3)36-13-11-35(2)12-14-36/h4-6,8,13-16,28,40H,7,9-12,17-18H2,1-3H3,(H,33,37)(H,35,41)(H,32,34,36);4-8,10,17-18,27,38H,9,11-16,19H2,1-3H3,(H,34,39)(H,32,33,35);4-7,9-10,15-16,25,37H,8,11-14,17-18H2,1-3H3,(H,32,38)(H,30,31,33,34)/t28-;27-;25-/m111/s1. The van der Waals surface area contributed by atoms with Crippen molar-refractivity contribution in [2.45, 2.75) is 77.8 Å². The summed E-state index contributed by atoms with van der Waals surface area (Å²) in [4.78, 5) is 90.5. The van der Waals surface area contributed by atoms with Gasteiger partial charge in [0.05, 0.1) is 73.7 Å². The third-order valence-electron chi connectivity index (χ3n) is 23.0. The molecule has 10 N–H and O–H groups in total. The summed E-state index contributed by atoms with van der Waals surface area (Å²) in [6, 6.07) is 28.2. The number of nitrogens with zero attached hydrogens (tertiary/aromatic N) is 15. The van der Waals surface area contributed by atoms with Gasteiger partial charge in [-0.05, 0) is 171 Å². The van der Waals surface area contributed by atoms with Gasteiger partial charge in [0.25, 0.3) is 0 Å². The summed E-state index contributed by atoms with van der Waals surface area (Å²) in [7, 11) is 11.2. The molecule has 3 fully saturated rings. The fraction of sp³-hybridized carbons (Fsp3) is 0.378. The van der Waals surface area contributed by atoms with Crippen molar-refractivity contribution in [2.24, 2.45) is 0 Å². The predicted octanol–water partition coefficient (Wildman–Crippen LogP) is 8.34. The second-order valence-electron chi connectivity index (χ2n) is 31.3. The third-order valence-corrected chi connectivity index (χ3v) is 23.0. The van der Waals surface area contributed by atoms with Crippen LogP contribution < -0.4 is 31.9 Å². The second kappa shape index (κ2) is 40.2. The lowest BCUT2D eigenvalue weighted by molar-refractivity contribution is -0.124. The van der Waals surface area contributed by atoms with Gasteiger partial charge < -0.3 is 76.1 Å². The van der Waals surface area contributed by atoms with E-state index in [-0.39, 0.29) is 55.7 Å². The first-order valence-corrected chi connectivity index (χ1v) is 41.0. The van der Waals surface area contributed by atoms with Gasteiger partial charge in [0, 0.05) is 188 Å². The van der Waals surface area contributed by atoms with Gasteiger partial charge in [-0.15, -0.1) is 0 Å². The lowest BCUT2D eigenvalue weighted by Gasteiger charge is -2.36. The molecule has 0 unspecified atom stereocenters. The number of likely N-dealkylation sites (N-methyl/N-ethyl adjacent to an activating group) is 3. The number of carbonyl (C=O) groups excluding carboxylic acids is 3. The topological polar surface area (TPSA) is 363 Å². The van der Waals surface area contributed by atoms with Gasteiger partial charge in [0.2, 0.25) is 35.6 Å². The predicted molar refractivity (Wildman–Crippen MR) is 469 cm³/mol. The van der Waals surface area contributed by atoms with E-state index < -0.39 is 0 Å². The number of pyridine rings is 2. The zero-order chi connectivity index (χ0) is 84.6. The molecule has 3 aliphatic carbocycles. The second-order valence-corrected chi connectivity index (χ2v) is 31.3. The minimum absolute atomic E-state index is 0.0448. The van der Waals surface area contributed by atoms with Crippen molar-refractivity contribution in [2.75, 3.05) is 179 Å². The molecular weight excluding hydrogens is 1530 g/mol. The van der Waals surface area contributed by atoms with Crippen LogP contribution >= 0.6 is 0 Å². The number of hydrogen-bond acceptors (Lipinski definition) is 27. The monoisotopic (exact) mass is 1640 g/mol. The molecule has 31 nitrogen and oxygen atoms in total. The molecule has 3 amide bonds. The summed E-state index contributed by atoms with van der Waals surface area (Å²) in [6.45, 7) is 17.5. The molecule has 3 atom stereocenters. The minimum Gasteiger partial charge on any atom is -0.396 e. The number of rotatable bonds is 28. The van der Waals surface area contributed by atoms with Gasteiger partial charge in [0.15, 0.2) is 0 Å². The number of benzene rings is 4. The summed E-state index contributed by atoms with van der Waals surface area (Å²) in [5, 5.41) is 55.4. The largest absolute Gasteiger partial charge is 0.396 e. The number of anilines is 9. The number of fused-ring (bicyclic) bond motifs is 4. The maximum atomic E-state index is 13.5. The number of amides is 3. The van der Waals surface area contributed by atoms with E-state index in [2.05, 4.69) is 154 Å². The van der Waals surface area contributed by atoms with E-state index in [4.69, 9.17) is 34.3 Å². The van der Waals surface area contributed by atoms with Gasteiger partial charge in [-0.25, -0.2) is 34.9 Å². The summed E-state index contributed by atoms with van der Waals surface area (Å²) < 4.78 is 16.3. The molecule has 0 bridgehead atoms. The molecule has 0 saturated carbocycles. The number of allylic oxidation sites excluding steroid dienone is 3. The van der Waals surface area contributed by atoms with Crippen LogP contribution in [0.25, 0.3) is 27.6 Å². The van der Waals surface area contributed by atoms with Crippen LogP contribution in [-0.2, 0) is 67.5 Å². The third kappa shape index (κ3) is 20.6. The molecule has 9 heterocycles. The van der Waals surface area contributed by atoms with E-state index in [1.54, 1.807) is 58.2 Å². The first-order valence-electron chi connectivity index (χ1n) is 41.0. The number of hydrogen-bond donors (Lipinski definition) is 10. The number of nitrogens with one attached hydrogen (secondary N) is 7. The Kier molecular flexibility index (Phi) is 28.5. The quantitative estimate of drug-likeness (QED) is 0.0220. The van der Waals surface area contributed by atoms with Crippen LogP contribution in [0.2, 0.25) is 0 Å². The fourth-order valence-electron chi connectivity index (χ4n) is 16.1. The molecule has 632 valence electrons. The molecule has 3 aliphatic heterocycles. The SMILES string of the molecule is COC[C@H](C(=O)Nc1cccc2c1CC=C2c1nc(Nc2cc(CO)c3cn[nH]c3c2)ncc1C)N1CCN(C)CC1.COC[C@H](C(=O)Nc1cccc2c1CC=C2c1nc(Nc2ccc(CCO)nc2)ncc1C)N1CCN(C)CC1.COC[C@H](C(=O)Nc1cccc2c1CC=C2c1nc(Nc2ccc(CO)cn2)ncc1C)N1CCN(C)CC1. The summed E-state index contributed by atoms with van der Waals surface area (Å²) in [6.07, 6.45) is 19.5. The van der Waals surface area contributed by atoms with Crippen LogP contribution in [0.4, 0.5) is 52.1 Å². The van der Waals surface area contributed by atoms with Crippen LogP contribution in [0.5, 0.6) is 0 Å². The highest BCUT2D eigenvalue weighted by Gasteiger charge is 2.35. The lowest BCUT2D eigenvalue weighted by Crippen LogP contribution is -2.54. The molecular formula is C90H108N22O9. The van der Waals surface area contributed by atoms with Crippen LogP contribution in [0.1, 0.15) is 84.0 Å². The van der Waals surface area contributed by atoms with Crippen molar-refractivity contribution in [3.63, 3.8) is 0 Å². The maximum absolute atomic E-state index is 13.5. The molecule has 16 rings (SSSR count).